The minimum atomic E-state index is -0.591. The van der Waals surface area contributed by atoms with Crippen molar-refractivity contribution in [3.8, 4) is 11.5 Å². The molecule has 0 heterocycles. The van der Waals surface area contributed by atoms with Crippen molar-refractivity contribution in [1.29, 1.82) is 0 Å². The average molecular weight is 686 g/mol. The molecule has 202 valence electrons. The molecule has 4 rings (SSSR count). The second kappa shape index (κ2) is 13.4. The van der Waals surface area contributed by atoms with E-state index in [1.807, 2.05) is 0 Å². The number of hydrogen-bond donors (Lipinski definition) is 2. The van der Waals surface area contributed by atoms with Crippen LogP contribution in [-0.2, 0) is 0 Å². The van der Waals surface area contributed by atoms with Crippen LogP contribution in [0.1, 0.15) is 36.6 Å². The molecule has 0 aliphatic rings. The molecule has 40 heavy (non-hydrogen) atoms. The molecule has 0 radical (unpaired) electrons. The molecule has 2 N–H and O–H groups in total. The van der Waals surface area contributed by atoms with Gasteiger partial charge in [0.1, 0.15) is 5.75 Å². The van der Waals surface area contributed by atoms with Gasteiger partial charge in [0.15, 0.2) is 5.75 Å². The summed E-state index contributed by atoms with van der Waals surface area (Å²) >= 11 is 12.7. The summed E-state index contributed by atoms with van der Waals surface area (Å²) in [5.74, 6) is -0.688. The van der Waals surface area contributed by atoms with Crippen molar-refractivity contribution in [1.82, 2.24) is 5.43 Å². The van der Waals surface area contributed by atoms with Crippen LogP contribution < -0.4 is 20.2 Å². The summed E-state index contributed by atoms with van der Waals surface area (Å²) in [4.78, 5) is 38.1. The first-order valence-corrected chi connectivity index (χ1v) is 13.6. The molecule has 0 aromatic heterocycles. The maximum atomic E-state index is 12.8. The Morgan fingerprint density at radius 1 is 0.850 bits per heavy atom. The number of rotatable bonds is 8. The number of amides is 2. The Kier molecular flexibility index (Phi) is 9.70. The Labute approximate surface area is 251 Å². The highest BCUT2D eigenvalue weighted by molar-refractivity contribution is 9.11. The highest BCUT2D eigenvalue weighted by atomic mass is 79.9. The van der Waals surface area contributed by atoms with E-state index in [-0.39, 0.29) is 17.2 Å². The van der Waals surface area contributed by atoms with Gasteiger partial charge in [0.2, 0.25) is 0 Å². The molecule has 8 nitrogen and oxygen atoms in total. The molecule has 0 bridgehead atoms. The molecule has 0 aliphatic carbocycles. The van der Waals surface area contributed by atoms with Crippen molar-refractivity contribution in [2.45, 2.75) is 0 Å². The van der Waals surface area contributed by atoms with Gasteiger partial charge in [-0.05, 0) is 88.7 Å². The van der Waals surface area contributed by atoms with E-state index >= 15 is 0 Å². The minimum Gasteiger partial charge on any atom is -0.497 e. The first-order valence-electron chi connectivity index (χ1n) is 11.6. The molecule has 4 aromatic carbocycles. The van der Waals surface area contributed by atoms with Gasteiger partial charge < -0.3 is 14.8 Å². The molecule has 0 aliphatic heterocycles. The van der Waals surface area contributed by atoms with Crippen LogP contribution in [0.15, 0.2) is 99.0 Å². The van der Waals surface area contributed by atoms with Crippen LogP contribution in [0.4, 0.5) is 5.69 Å². The summed E-state index contributed by atoms with van der Waals surface area (Å²) in [6.07, 6.45) is 1.35. The number of benzene rings is 4. The highest BCUT2D eigenvalue weighted by Crippen LogP contribution is 2.33. The third-order valence-corrected chi connectivity index (χ3v) is 6.69. The summed E-state index contributed by atoms with van der Waals surface area (Å²) < 4.78 is 11.9. The molecular weight excluding hydrogens is 666 g/mol. The average Bonchev–Trinajstić information content (AvgIpc) is 2.95. The summed E-state index contributed by atoms with van der Waals surface area (Å²) in [6.45, 7) is 0. The fraction of sp³-hybridized carbons (Fsp3) is 0.0345. The first kappa shape index (κ1) is 29.0. The summed E-state index contributed by atoms with van der Waals surface area (Å²) in [7, 11) is 1.52. The van der Waals surface area contributed by atoms with E-state index < -0.39 is 11.9 Å². The maximum absolute atomic E-state index is 12.8. The normalized spacial score (nSPS) is 10.7. The third-order valence-electron chi connectivity index (χ3n) is 5.40. The Morgan fingerprint density at radius 2 is 1.55 bits per heavy atom. The molecule has 0 saturated heterocycles. The fourth-order valence-corrected chi connectivity index (χ4v) is 4.92. The van der Waals surface area contributed by atoms with Gasteiger partial charge in [-0.1, -0.05) is 39.7 Å². The Hall–Kier alpha value is -3.99. The minimum absolute atomic E-state index is 0.211. The van der Waals surface area contributed by atoms with Gasteiger partial charge >= 0.3 is 5.97 Å². The third kappa shape index (κ3) is 7.56. The van der Waals surface area contributed by atoms with E-state index in [1.165, 1.54) is 19.4 Å². The molecular formula is C29H20Br2ClN3O5. The Morgan fingerprint density at radius 3 is 2.27 bits per heavy atom. The van der Waals surface area contributed by atoms with Gasteiger partial charge in [-0.2, -0.15) is 5.10 Å². The lowest BCUT2D eigenvalue weighted by atomic mass is 10.1. The fourth-order valence-electron chi connectivity index (χ4n) is 3.45. The second-order valence-electron chi connectivity index (χ2n) is 8.17. The van der Waals surface area contributed by atoms with Crippen LogP contribution in [0.3, 0.4) is 0 Å². The monoisotopic (exact) mass is 683 g/mol. The molecule has 0 unspecified atom stereocenters. The highest BCUT2D eigenvalue weighted by Gasteiger charge is 2.16. The molecule has 2 amide bonds. The summed E-state index contributed by atoms with van der Waals surface area (Å²) in [6, 6.07) is 22.8. The largest absolute Gasteiger partial charge is 0.497 e. The summed E-state index contributed by atoms with van der Waals surface area (Å²) in [5, 5.41) is 7.29. The van der Waals surface area contributed by atoms with Gasteiger partial charge in [0.25, 0.3) is 11.8 Å². The van der Waals surface area contributed by atoms with Crippen molar-refractivity contribution in [2.75, 3.05) is 12.4 Å². The number of halogens is 3. The Bertz CT molecular complexity index is 1610. The van der Waals surface area contributed by atoms with E-state index in [2.05, 4.69) is 47.7 Å². The van der Waals surface area contributed by atoms with Crippen LogP contribution in [0.25, 0.3) is 0 Å². The van der Waals surface area contributed by atoms with Crippen LogP contribution in [0, 0.1) is 0 Å². The maximum Gasteiger partial charge on any atom is 0.343 e. The van der Waals surface area contributed by atoms with Crippen molar-refractivity contribution in [3.63, 3.8) is 0 Å². The van der Waals surface area contributed by atoms with Crippen LogP contribution in [-0.4, -0.2) is 31.1 Å². The number of methoxy groups -OCH3 is 1. The van der Waals surface area contributed by atoms with Crippen molar-refractivity contribution >= 4 is 73.1 Å². The molecule has 4 aromatic rings. The number of anilines is 1. The van der Waals surface area contributed by atoms with Crippen molar-refractivity contribution in [3.05, 3.63) is 121 Å². The van der Waals surface area contributed by atoms with Gasteiger partial charge in [-0.15, -0.1) is 0 Å². The topological polar surface area (TPSA) is 106 Å². The Balaban J connectivity index is 1.45. The SMILES string of the molecule is COc1cccc(C(=O)Nc2cccc(C(=O)NN=Cc3cc(Br)cc(Br)c3OC(=O)c3ccc(Cl)cc3)c2)c1. The zero-order valence-corrected chi connectivity index (χ0v) is 24.7. The quantitative estimate of drug-likeness (QED) is 0.0891. The van der Waals surface area contributed by atoms with Crippen molar-refractivity contribution in [2.24, 2.45) is 5.10 Å². The van der Waals surface area contributed by atoms with Crippen LogP contribution >= 0.6 is 43.5 Å². The molecule has 0 fully saturated rings. The van der Waals surface area contributed by atoms with E-state index in [9.17, 15) is 14.4 Å². The molecule has 0 atom stereocenters. The van der Waals surface area contributed by atoms with E-state index in [4.69, 9.17) is 21.1 Å². The predicted octanol–water partition coefficient (Wildman–Crippen LogP) is 7.11. The molecule has 0 spiro atoms. The number of carbonyl (C=O) groups excluding carboxylic acids is 3. The number of hydrogen-bond acceptors (Lipinski definition) is 6. The van der Waals surface area contributed by atoms with E-state index in [0.717, 1.165) is 0 Å². The van der Waals surface area contributed by atoms with Gasteiger partial charge in [-0.3, -0.25) is 9.59 Å². The smallest absolute Gasteiger partial charge is 0.343 e. The zero-order valence-electron chi connectivity index (χ0n) is 20.8. The molecule has 11 heteroatoms. The number of ether oxygens (including phenoxy) is 2. The van der Waals surface area contributed by atoms with Gasteiger partial charge in [-0.25, -0.2) is 10.2 Å². The summed E-state index contributed by atoms with van der Waals surface area (Å²) in [5.41, 5.74) is 4.29. The lowest BCUT2D eigenvalue weighted by Crippen LogP contribution is -2.18. The number of hydrazone groups is 1. The number of nitrogens with zero attached hydrogens (tertiary/aromatic N) is 1. The van der Waals surface area contributed by atoms with Gasteiger partial charge in [0, 0.05) is 31.9 Å². The lowest BCUT2D eigenvalue weighted by Gasteiger charge is -2.11. The number of nitrogens with one attached hydrogen (secondary N) is 2. The molecule has 0 saturated carbocycles. The lowest BCUT2D eigenvalue weighted by molar-refractivity contribution is 0.0732. The van der Waals surface area contributed by atoms with E-state index in [1.54, 1.807) is 78.9 Å². The van der Waals surface area contributed by atoms with Crippen molar-refractivity contribution < 1.29 is 23.9 Å². The van der Waals surface area contributed by atoms with E-state index in [0.29, 0.717) is 42.1 Å². The zero-order chi connectivity index (χ0) is 28.6. The second-order valence-corrected chi connectivity index (χ2v) is 10.4. The first-order chi connectivity index (χ1) is 19.2. The number of carbonyl (C=O) groups is 3. The van der Waals surface area contributed by atoms with Crippen LogP contribution in [0.5, 0.6) is 11.5 Å². The van der Waals surface area contributed by atoms with Gasteiger partial charge in [0.05, 0.1) is 23.4 Å². The number of esters is 1. The van der Waals surface area contributed by atoms with Crippen LogP contribution in [0.2, 0.25) is 5.02 Å². The predicted molar refractivity (Wildman–Crippen MR) is 161 cm³/mol. The standard InChI is InChI=1S/C29H20Br2ClN3O5/c1-39-24-7-3-5-19(14-24)27(36)34-23-6-2-4-18(13-23)28(37)35-33-16-20-12-21(30)15-25(31)26(20)40-29(38)17-8-10-22(32)11-9-17/h2-16H,1H3,(H,34,36)(H,35,37).